The normalized spacial score (nSPS) is 12.5. The van der Waals surface area contributed by atoms with Gasteiger partial charge in [-0.3, -0.25) is 0 Å². The molecule has 0 aliphatic heterocycles. The van der Waals surface area contributed by atoms with Crippen LogP contribution in [0.15, 0.2) is 12.3 Å². The molecule has 0 spiro atoms. The number of anilines is 2. The first kappa shape index (κ1) is 12.7. The van der Waals surface area contributed by atoms with E-state index in [0.29, 0.717) is 18.8 Å². The number of nitrogen functional groups attached to an aromatic ring is 1. The van der Waals surface area contributed by atoms with Gasteiger partial charge in [0.25, 0.3) is 0 Å². The van der Waals surface area contributed by atoms with Crippen LogP contribution in [0.2, 0.25) is 0 Å². The van der Waals surface area contributed by atoms with Crippen LogP contribution >= 0.6 is 0 Å². The number of likely N-dealkylation sites (N-methyl/N-ethyl adjacent to an activating group) is 1. The Bertz CT molecular complexity index is 344. The molecule has 0 saturated carbocycles. The highest BCUT2D eigenvalue weighted by Crippen LogP contribution is 2.16. The molecule has 0 amide bonds. The van der Waals surface area contributed by atoms with Gasteiger partial charge in [0.1, 0.15) is 5.82 Å². The first-order valence-corrected chi connectivity index (χ1v) is 5.15. The maximum absolute atomic E-state index is 9.58. The lowest BCUT2D eigenvalue weighted by Gasteiger charge is -2.21. The van der Waals surface area contributed by atoms with Gasteiger partial charge in [0.15, 0.2) is 0 Å². The number of nitrogens with two attached hydrogens (primary N) is 1. The number of aromatic nitrogens is 1. The van der Waals surface area contributed by atoms with E-state index in [1.54, 1.807) is 19.4 Å². The molecular formula is C11H19N3O2. The second-order valence-corrected chi connectivity index (χ2v) is 3.89. The van der Waals surface area contributed by atoms with E-state index in [4.69, 9.17) is 10.5 Å². The van der Waals surface area contributed by atoms with Crippen molar-refractivity contribution in [2.45, 2.75) is 13.0 Å². The van der Waals surface area contributed by atoms with Crippen molar-refractivity contribution < 1.29 is 9.84 Å². The standard InChI is InChI=1S/C11H19N3O2/c1-8-5-13-11(4-10(8)12)14(2)6-9(15)7-16-3/h4-5,9,15H,6-7H2,1-3H3,(H2,12,13). The van der Waals surface area contributed by atoms with Gasteiger partial charge in [-0.1, -0.05) is 0 Å². The minimum Gasteiger partial charge on any atom is -0.398 e. The maximum atomic E-state index is 9.58. The first-order chi connectivity index (χ1) is 7.54. The van der Waals surface area contributed by atoms with Gasteiger partial charge < -0.3 is 20.5 Å². The number of methoxy groups -OCH3 is 1. The van der Waals surface area contributed by atoms with Crippen molar-refractivity contribution in [1.29, 1.82) is 0 Å². The van der Waals surface area contributed by atoms with Gasteiger partial charge in [0.2, 0.25) is 0 Å². The van der Waals surface area contributed by atoms with E-state index in [2.05, 4.69) is 4.98 Å². The number of aliphatic hydroxyl groups is 1. The van der Waals surface area contributed by atoms with Crippen LogP contribution in [-0.2, 0) is 4.74 Å². The molecule has 0 fully saturated rings. The maximum Gasteiger partial charge on any atom is 0.130 e. The SMILES string of the molecule is COCC(O)CN(C)c1cc(N)c(C)cn1. The van der Waals surface area contributed by atoms with E-state index in [-0.39, 0.29) is 0 Å². The second kappa shape index (κ2) is 5.67. The monoisotopic (exact) mass is 225 g/mol. The van der Waals surface area contributed by atoms with Gasteiger partial charge in [0.05, 0.1) is 12.7 Å². The molecule has 0 aliphatic carbocycles. The fourth-order valence-electron chi connectivity index (χ4n) is 1.39. The molecule has 16 heavy (non-hydrogen) atoms. The van der Waals surface area contributed by atoms with E-state index in [9.17, 15) is 5.11 Å². The minimum atomic E-state index is -0.528. The Labute approximate surface area is 95.8 Å². The first-order valence-electron chi connectivity index (χ1n) is 5.15. The minimum absolute atomic E-state index is 0.311. The van der Waals surface area contributed by atoms with E-state index < -0.39 is 6.10 Å². The molecule has 0 aromatic carbocycles. The van der Waals surface area contributed by atoms with Crippen LogP contribution in [0.5, 0.6) is 0 Å². The van der Waals surface area contributed by atoms with Crippen LogP contribution < -0.4 is 10.6 Å². The zero-order chi connectivity index (χ0) is 12.1. The highest BCUT2D eigenvalue weighted by molar-refractivity contribution is 5.54. The lowest BCUT2D eigenvalue weighted by Crippen LogP contribution is -2.32. The van der Waals surface area contributed by atoms with E-state index in [0.717, 1.165) is 11.4 Å². The number of aliphatic hydroxyl groups excluding tert-OH is 1. The predicted octanol–water partition coefficient (Wildman–Crippen LogP) is 0.416. The third kappa shape index (κ3) is 3.36. The number of nitrogens with zero attached hydrogens (tertiary/aromatic N) is 2. The Balaban J connectivity index is 2.65. The summed E-state index contributed by atoms with van der Waals surface area (Å²) in [4.78, 5) is 6.09. The molecule has 1 aromatic heterocycles. The molecule has 1 unspecified atom stereocenters. The Morgan fingerprint density at radius 3 is 2.88 bits per heavy atom. The van der Waals surface area contributed by atoms with Crippen molar-refractivity contribution in [3.05, 3.63) is 17.8 Å². The summed E-state index contributed by atoms with van der Waals surface area (Å²) in [7, 11) is 3.42. The zero-order valence-electron chi connectivity index (χ0n) is 9.97. The molecule has 1 heterocycles. The number of pyridine rings is 1. The molecule has 0 aliphatic rings. The van der Waals surface area contributed by atoms with Crippen LogP contribution in [0.1, 0.15) is 5.56 Å². The summed E-state index contributed by atoms with van der Waals surface area (Å²) in [5.41, 5.74) is 7.45. The summed E-state index contributed by atoms with van der Waals surface area (Å²) >= 11 is 0. The van der Waals surface area contributed by atoms with Crippen molar-refractivity contribution in [2.75, 3.05) is 37.9 Å². The quantitative estimate of drug-likeness (QED) is 0.759. The molecular weight excluding hydrogens is 206 g/mol. The van der Waals surface area contributed by atoms with Crippen molar-refractivity contribution in [2.24, 2.45) is 0 Å². The van der Waals surface area contributed by atoms with Crippen molar-refractivity contribution in [3.63, 3.8) is 0 Å². The summed E-state index contributed by atoms with van der Waals surface area (Å²) in [5.74, 6) is 0.748. The third-order valence-corrected chi connectivity index (χ3v) is 2.37. The zero-order valence-corrected chi connectivity index (χ0v) is 9.97. The van der Waals surface area contributed by atoms with Gasteiger partial charge in [-0.05, 0) is 12.5 Å². The van der Waals surface area contributed by atoms with Gasteiger partial charge in [-0.15, -0.1) is 0 Å². The topological polar surface area (TPSA) is 71.6 Å². The summed E-state index contributed by atoms with van der Waals surface area (Å²) in [6.45, 7) is 2.68. The molecule has 5 nitrogen and oxygen atoms in total. The molecule has 1 atom stereocenters. The second-order valence-electron chi connectivity index (χ2n) is 3.89. The Hall–Kier alpha value is -1.33. The molecule has 3 N–H and O–H groups in total. The van der Waals surface area contributed by atoms with Crippen molar-refractivity contribution >= 4 is 11.5 Å². The predicted molar refractivity (Wildman–Crippen MR) is 64.5 cm³/mol. The summed E-state index contributed by atoms with van der Waals surface area (Å²) in [5, 5.41) is 9.58. The van der Waals surface area contributed by atoms with Gasteiger partial charge in [0, 0.05) is 38.7 Å². The lowest BCUT2D eigenvalue weighted by atomic mass is 10.2. The largest absolute Gasteiger partial charge is 0.398 e. The Kier molecular flexibility index (Phi) is 4.52. The third-order valence-electron chi connectivity index (χ3n) is 2.37. The summed E-state index contributed by atoms with van der Waals surface area (Å²) in [6, 6.07) is 1.80. The number of ether oxygens (including phenoxy) is 1. The van der Waals surface area contributed by atoms with Crippen LogP contribution in [-0.4, -0.2) is 43.5 Å². The smallest absolute Gasteiger partial charge is 0.130 e. The molecule has 0 saturated heterocycles. The van der Waals surface area contributed by atoms with E-state index in [1.807, 2.05) is 18.9 Å². The Morgan fingerprint density at radius 1 is 1.62 bits per heavy atom. The fourth-order valence-corrected chi connectivity index (χ4v) is 1.39. The van der Waals surface area contributed by atoms with Crippen LogP contribution in [0.25, 0.3) is 0 Å². The Morgan fingerprint density at radius 2 is 2.31 bits per heavy atom. The number of hydrogen-bond donors (Lipinski definition) is 2. The number of hydrogen-bond acceptors (Lipinski definition) is 5. The van der Waals surface area contributed by atoms with Crippen LogP contribution in [0, 0.1) is 6.92 Å². The highest BCUT2D eigenvalue weighted by Gasteiger charge is 2.10. The molecule has 1 rings (SSSR count). The average molecular weight is 225 g/mol. The summed E-state index contributed by atoms with van der Waals surface area (Å²) < 4.78 is 4.86. The molecule has 0 radical (unpaired) electrons. The molecule has 90 valence electrons. The highest BCUT2D eigenvalue weighted by atomic mass is 16.5. The fraction of sp³-hybridized carbons (Fsp3) is 0.545. The number of rotatable bonds is 5. The van der Waals surface area contributed by atoms with Crippen LogP contribution in [0.3, 0.4) is 0 Å². The van der Waals surface area contributed by atoms with Crippen molar-refractivity contribution in [1.82, 2.24) is 4.98 Å². The van der Waals surface area contributed by atoms with Gasteiger partial charge in [-0.25, -0.2) is 4.98 Å². The molecule has 5 heteroatoms. The lowest BCUT2D eigenvalue weighted by molar-refractivity contribution is 0.0694. The number of aryl methyl sites for hydroxylation is 1. The van der Waals surface area contributed by atoms with E-state index in [1.165, 1.54) is 0 Å². The molecule has 1 aromatic rings. The van der Waals surface area contributed by atoms with E-state index >= 15 is 0 Å². The van der Waals surface area contributed by atoms with Crippen LogP contribution in [0.4, 0.5) is 11.5 Å². The van der Waals surface area contributed by atoms with Gasteiger partial charge in [-0.2, -0.15) is 0 Å². The van der Waals surface area contributed by atoms with Crippen molar-refractivity contribution in [3.8, 4) is 0 Å². The van der Waals surface area contributed by atoms with Gasteiger partial charge >= 0.3 is 0 Å². The summed E-state index contributed by atoms with van der Waals surface area (Å²) in [6.07, 6.45) is 1.20. The average Bonchev–Trinajstić information content (AvgIpc) is 2.22. The molecule has 0 bridgehead atoms.